The Labute approximate surface area is 128 Å². The fourth-order valence-electron chi connectivity index (χ4n) is 2.94. The van der Waals surface area contributed by atoms with Crippen LogP contribution in [-0.2, 0) is 0 Å². The first kappa shape index (κ1) is 15.6. The van der Waals surface area contributed by atoms with Gasteiger partial charge in [-0.25, -0.2) is 4.79 Å². The average Bonchev–Trinajstić information content (AvgIpc) is 2.49. The molecule has 3 heteroatoms. The number of carbonyl (C=O) groups excluding carboxylic acids is 1. The molecule has 2 rings (SSSR count). The van der Waals surface area contributed by atoms with E-state index in [1.165, 1.54) is 30.4 Å². The van der Waals surface area contributed by atoms with Crippen molar-refractivity contribution in [1.82, 2.24) is 4.90 Å². The summed E-state index contributed by atoms with van der Waals surface area (Å²) < 4.78 is 0. The predicted octanol–water partition coefficient (Wildman–Crippen LogP) is 4.66. The fraction of sp³-hybridized carbons (Fsp3) is 0.500. The minimum Gasteiger partial charge on any atom is -0.318 e. The highest BCUT2D eigenvalue weighted by Crippen LogP contribution is 2.23. The molecule has 21 heavy (non-hydrogen) atoms. The smallest absolute Gasteiger partial charge is 0.318 e. The van der Waals surface area contributed by atoms with Crippen molar-refractivity contribution >= 4 is 11.7 Å². The van der Waals surface area contributed by atoms with Gasteiger partial charge >= 0.3 is 6.03 Å². The third-order valence-electron chi connectivity index (χ3n) is 4.36. The molecule has 0 aliphatic heterocycles. The number of aryl methyl sites for hydroxylation is 2. The molecule has 1 fully saturated rings. The lowest BCUT2D eigenvalue weighted by atomic mass is 9.94. The van der Waals surface area contributed by atoms with E-state index in [4.69, 9.17) is 0 Å². The summed E-state index contributed by atoms with van der Waals surface area (Å²) in [4.78, 5) is 14.5. The standard InChI is InChI=1S/C18H26N2O/c1-4-12-20(17-8-6-5-7-9-17)18(21)19-16-11-10-14(2)15(3)13-16/h4,10-11,13,17H,1,5-9,12H2,2-3H3,(H,19,21). The number of benzene rings is 1. The lowest BCUT2D eigenvalue weighted by Gasteiger charge is -2.33. The van der Waals surface area contributed by atoms with Gasteiger partial charge in [0.15, 0.2) is 0 Å². The number of anilines is 1. The van der Waals surface area contributed by atoms with Crippen LogP contribution in [0.4, 0.5) is 10.5 Å². The topological polar surface area (TPSA) is 32.3 Å². The summed E-state index contributed by atoms with van der Waals surface area (Å²) in [6.45, 7) is 8.54. The van der Waals surface area contributed by atoms with Crippen LogP contribution >= 0.6 is 0 Å². The van der Waals surface area contributed by atoms with E-state index in [1.54, 1.807) is 0 Å². The Balaban J connectivity index is 2.06. The Bertz CT molecular complexity index is 504. The number of nitrogens with one attached hydrogen (secondary N) is 1. The van der Waals surface area contributed by atoms with Gasteiger partial charge in [-0.2, -0.15) is 0 Å². The van der Waals surface area contributed by atoms with E-state index in [0.717, 1.165) is 18.5 Å². The molecule has 3 nitrogen and oxygen atoms in total. The van der Waals surface area contributed by atoms with Crippen molar-refractivity contribution in [1.29, 1.82) is 0 Å². The maximum atomic E-state index is 12.6. The molecule has 0 aromatic heterocycles. The molecule has 1 aliphatic carbocycles. The number of carbonyl (C=O) groups is 1. The van der Waals surface area contributed by atoms with Crippen molar-refractivity contribution in [2.24, 2.45) is 0 Å². The van der Waals surface area contributed by atoms with E-state index in [9.17, 15) is 4.79 Å². The molecule has 1 aromatic carbocycles. The maximum Gasteiger partial charge on any atom is 0.322 e. The molecule has 1 N–H and O–H groups in total. The highest BCUT2D eigenvalue weighted by Gasteiger charge is 2.24. The van der Waals surface area contributed by atoms with Crippen molar-refractivity contribution in [3.8, 4) is 0 Å². The molecule has 1 aromatic rings. The first-order valence-corrected chi connectivity index (χ1v) is 7.87. The Hall–Kier alpha value is -1.77. The van der Waals surface area contributed by atoms with Crippen molar-refractivity contribution in [3.05, 3.63) is 42.0 Å². The van der Waals surface area contributed by atoms with E-state index < -0.39 is 0 Å². The molecular weight excluding hydrogens is 260 g/mol. The van der Waals surface area contributed by atoms with Gasteiger partial charge in [-0.1, -0.05) is 31.4 Å². The van der Waals surface area contributed by atoms with E-state index in [1.807, 2.05) is 29.2 Å². The summed E-state index contributed by atoms with van der Waals surface area (Å²) >= 11 is 0. The minimum absolute atomic E-state index is 0.00921. The molecule has 0 spiro atoms. The lowest BCUT2D eigenvalue weighted by Crippen LogP contribution is -2.43. The molecule has 0 heterocycles. The molecule has 0 atom stereocenters. The van der Waals surface area contributed by atoms with Crippen LogP contribution in [0, 0.1) is 13.8 Å². The number of hydrogen-bond donors (Lipinski definition) is 1. The second-order valence-corrected chi connectivity index (χ2v) is 5.96. The summed E-state index contributed by atoms with van der Waals surface area (Å²) in [6.07, 6.45) is 7.75. The van der Waals surface area contributed by atoms with Crippen LogP contribution in [0.15, 0.2) is 30.9 Å². The van der Waals surface area contributed by atoms with Gasteiger partial charge in [-0.15, -0.1) is 6.58 Å². The third kappa shape index (κ3) is 4.10. The zero-order chi connectivity index (χ0) is 15.2. The second-order valence-electron chi connectivity index (χ2n) is 5.96. The molecule has 2 amide bonds. The Morgan fingerprint density at radius 2 is 2.00 bits per heavy atom. The summed E-state index contributed by atoms with van der Waals surface area (Å²) in [7, 11) is 0. The monoisotopic (exact) mass is 286 g/mol. The van der Waals surface area contributed by atoms with Gasteiger partial charge in [0.25, 0.3) is 0 Å². The number of hydrogen-bond acceptors (Lipinski definition) is 1. The van der Waals surface area contributed by atoms with Gasteiger partial charge < -0.3 is 10.2 Å². The number of urea groups is 1. The summed E-state index contributed by atoms with van der Waals surface area (Å²) in [5.41, 5.74) is 3.30. The molecule has 0 unspecified atom stereocenters. The van der Waals surface area contributed by atoms with Gasteiger partial charge in [0.2, 0.25) is 0 Å². The van der Waals surface area contributed by atoms with Gasteiger partial charge in [0, 0.05) is 18.3 Å². The van der Waals surface area contributed by atoms with Gasteiger partial charge in [-0.05, 0) is 49.9 Å². The summed E-state index contributed by atoms with van der Waals surface area (Å²) in [5, 5.41) is 3.03. The van der Waals surface area contributed by atoms with Crippen molar-refractivity contribution < 1.29 is 4.79 Å². The largest absolute Gasteiger partial charge is 0.322 e. The van der Waals surface area contributed by atoms with E-state index in [0.29, 0.717) is 12.6 Å². The molecule has 0 radical (unpaired) electrons. The third-order valence-corrected chi connectivity index (χ3v) is 4.36. The Morgan fingerprint density at radius 3 is 2.62 bits per heavy atom. The van der Waals surface area contributed by atoms with E-state index in [-0.39, 0.29) is 6.03 Å². The quantitative estimate of drug-likeness (QED) is 0.802. The first-order valence-electron chi connectivity index (χ1n) is 7.87. The van der Waals surface area contributed by atoms with Crippen LogP contribution in [-0.4, -0.2) is 23.5 Å². The Kier molecular flexibility index (Phi) is 5.43. The lowest BCUT2D eigenvalue weighted by molar-refractivity contribution is 0.176. The molecule has 1 saturated carbocycles. The number of rotatable bonds is 4. The zero-order valence-electron chi connectivity index (χ0n) is 13.2. The van der Waals surface area contributed by atoms with Crippen LogP contribution in [0.2, 0.25) is 0 Å². The highest BCUT2D eigenvalue weighted by atomic mass is 16.2. The number of nitrogens with zero attached hydrogens (tertiary/aromatic N) is 1. The summed E-state index contributed by atoms with van der Waals surface area (Å²) in [5.74, 6) is 0. The molecule has 0 saturated heterocycles. The number of amides is 2. The van der Waals surface area contributed by atoms with E-state index >= 15 is 0 Å². The molecule has 0 bridgehead atoms. The van der Waals surface area contributed by atoms with Crippen LogP contribution in [0.1, 0.15) is 43.2 Å². The van der Waals surface area contributed by atoms with Crippen LogP contribution in [0.5, 0.6) is 0 Å². The van der Waals surface area contributed by atoms with Crippen molar-refractivity contribution in [2.45, 2.75) is 52.0 Å². The minimum atomic E-state index is -0.00921. The zero-order valence-corrected chi connectivity index (χ0v) is 13.2. The van der Waals surface area contributed by atoms with Gasteiger partial charge in [-0.3, -0.25) is 0 Å². The van der Waals surface area contributed by atoms with Crippen LogP contribution < -0.4 is 5.32 Å². The van der Waals surface area contributed by atoms with Gasteiger partial charge in [0.1, 0.15) is 0 Å². The maximum absolute atomic E-state index is 12.6. The predicted molar refractivity (Wildman–Crippen MR) is 88.7 cm³/mol. The highest BCUT2D eigenvalue weighted by molar-refractivity contribution is 5.89. The SMILES string of the molecule is C=CCN(C(=O)Nc1ccc(C)c(C)c1)C1CCCCC1. The normalized spacial score (nSPS) is 15.5. The van der Waals surface area contributed by atoms with E-state index in [2.05, 4.69) is 25.7 Å². The average molecular weight is 286 g/mol. The second kappa shape index (κ2) is 7.30. The first-order chi connectivity index (χ1) is 10.1. The van der Waals surface area contributed by atoms with Gasteiger partial charge in [0.05, 0.1) is 0 Å². The fourth-order valence-corrected chi connectivity index (χ4v) is 2.94. The summed E-state index contributed by atoms with van der Waals surface area (Å²) in [6, 6.07) is 6.38. The Morgan fingerprint density at radius 1 is 1.29 bits per heavy atom. The van der Waals surface area contributed by atoms with Crippen LogP contribution in [0.3, 0.4) is 0 Å². The molecule has 1 aliphatic rings. The molecule has 114 valence electrons. The van der Waals surface area contributed by atoms with Crippen molar-refractivity contribution in [3.63, 3.8) is 0 Å². The molecular formula is C18H26N2O. The van der Waals surface area contributed by atoms with Crippen molar-refractivity contribution in [2.75, 3.05) is 11.9 Å². The van der Waals surface area contributed by atoms with Crippen LogP contribution in [0.25, 0.3) is 0 Å².